The number of hydrogen-bond acceptors (Lipinski definition) is 5. The standard InChI is InChI=1S/C25H25N3O3/c1-3-18-12-14-20(15-13-18)23-26-25(31-17-16-30-4-2)27-28(23)24(29)22-11-7-9-19-8-5-6-10-21(19)22/h5-15H,3-4,16-17H2,1-2H3. The van der Waals surface area contributed by atoms with Gasteiger partial charge in [-0.3, -0.25) is 4.79 Å². The minimum atomic E-state index is -0.251. The molecule has 0 spiro atoms. The molecular formula is C25H25N3O3. The molecule has 0 atom stereocenters. The summed E-state index contributed by atoms with van der Waals surface area (Å²) in [6.07, 6.45) is 0.938. The summed E-state index contributed by atoms with van der Waals surface area (Å²) < 4.78 is 12.3. The van der Waals surface area contributed by atoms with Crippen molar-refractivity contribution in [3.05, 3.63) is 77.9 Å². The van der Waals surface area contributed by atoms with Gasteiger partial charge >= 0.3 is 6.01 Å². The molecule has 0 fully saturated rings. The Kier molecular flexibility index (Phi) is 6.38. The third-order valence-electron chi connectivity index (χ3n) is 5.08. The van der Waals surface area contributed by atoms with Crippen LogP contribution in [0.3, 0.4) is 0 Å². The van der Waals surface area contributed by atoms with E-state index in [4.69, 9.17) is 9.47 Å². The summed E-state index contributed by atoms with van der Waals surface area (Å²) in [4.78, 5) is 18.1. The zero-order valence-electron chi connectivity index (χ0n) is 17.7. The number of aromatic nitrogens is 3. The zero-order valence-corrected chi connectivity index (χ0v) is 17.7. The summed E-state index contributed by atoms with van der Waals surface area (Å²) in [5.74, 6) is 0.200. The van der Waals surface area contributed by atoms with Crippen LogP contribution < -0.4 is 4.74 Å². The molecule has 0 aliphatic carbocycles. The van der Waals surface area contributed by atoms with Gasteiger partial charge in [-0.2, -0.15) is 9.67 Å². The molecule has 0 amide bonds. The maximum absolute atomic E-state index is 13.5. The quantitative estimate of drug-likeness (QED) is 0.388. The molecule has 0 aliphatic heterocycles. The van der Waals surface area contributed by atoms with E-state index in [1.807, 2.05) is 73.7 Å². The van der Waals surface area contributed by atoms with Gasteiger partial charge in [-0.1, -0.05) is 67.6 Å². The van der Waals surface area contributed by atoms with Crippen LogP contribution in [0.2, 0.25) is 0 Å². The first-order chi connectivity index (χ1) is 15.2. The van der Waals surface area contributed by atoms with Crippen LogP contribution in [0.15, 0.2) is 66.7 Å². The number of benzene rings is 3. The van der Waals surface area contributed by atoms with E-state index < -0.39 is 0 Å². The first kappa shape index (κ1) is 20.8. The van der Waals surface area contributed by atoms with E-state index in [9.17, 15) is 4.79 Å². The van der Waals surface area contributed by atoms with Crippen molar-refractivity contribution in [2.75, 3.05) is 19.8 Å². The molecule has 1 heterocycles. The van der Waals surface area contributed by atoms with Crippen LogP contribution in [0, 0.1) is 0 Å². The molecule has 3 aromatic carbocycles. The molecule has 6 nitrogen and oxygen atoms in total. The van der Waals surface area contributed by atoms with Gasteiger partial charge in [-0.25, -0.2) is 0 Å². The molecule has 0 radical (unpaired) electrons. The lowest BCUT2D eigenvalue weighted by molar-refractivity contribution is 0.0939. The van der Waals surface area contributed by atoms with E-state index in [2.05, 4.69) is 17.0 Å². The Hall–Kier alpha value is -3.51. The Morgan fingerprint density at radius 1 is 0.935 bits per heavy atom. The molecule has 6 heteroatoms. The summed E-state index contributed by atoms with van der Waals surface area (Å²) in [7, 11) is 0. The first-order valence-corrected chi connectivity index (χ1v) is 10.5. The summed E-state index contributed by atoms with van der Waals surface area (Å²) in [6.45, 7) is 5.39. The van der Waals surface area contributed by atoms with Crippen molar-refractivity contribution in [3.63, 3.8) is 0 Å². The molecule has 0 aliphatic rings. The molecule has 0 bridgehead atoms. The molecular weight excluding hydrogens is 390 g/mol. The van der Waals surface area contributed by atoms with E-state index in [0.29, 0.717) is 31.2 Å². The van der Waals surface area contributed by atoms with Crippen LogP contribution in [0.4, 0.5) is 0 Å². The lowest BCUT2D eigenvalue weighted by atomic mass is 10.0. The number of aryl methyl sites for hydroxylation is 1. The predicted octanol–water partition coefficient (Wildman–Crippen LogP) is 4.76. The maximum atomic E-state index is 13.5. The van der Waals surface area contributed by atoms with Gasteiger partial charge in [0.1, 0.15) is 6.61 Å². The lowest BCUT2D eigenvalue weighted by Gasteiger charge is -2.08. The van der Waals surface area contributed by atoms with Gasteiger partial charge in [0.2, 0.25) is 0 Å². The summed E-state index contributed by atoms with van der Waals surface area (Å²) in [5.41, 5.74) is 2.58. The number of nitrogens with zero attached hydrogens (tertiary/aromatic N) is 3. The second kappa shape index (κ2) is 9.53. The summed E-state index contributed by atoms with van der Waals surface area (Å²) in [5, 5.41) is 6.26. The highest BCUT2D eigenvalue weighted by Crippen LogP contribution is 2.25. The number of hydrogen-bond donors (Lipinski definition) is 0. The molecule has 4 aromatic rings. The van der Waals surface area contributed by atoms with Gasteiger partial charge in [-0.05, 0) is 35.7 Å². The van der Waals surface area contributed by atoms with Crippen molar-refractivity contribution in [1.82, 2.24) is 14.8 Å². The zero-order chi connectivity index (χ0) is 21.6. The fourth-order valence-corrected chi connectivity index (χ4v) is 3.43. The van der Waals surface area contributed by atoms with Crippen molar-refractivity contribution in [2.24, 2.45) is 0 Å². The highest BCUT2D eigenvalue weighted by atomic mass is 16.5. The average molecular weight is 415 g/mol. The molecule has 0 N–H and O–H groups in total. The minimum Gasteiger partial charge on any atom is -0.460 e. The van der Waals surface area contributed by atoms with Crippen molar-refractivity contribution >= 4 is 16.7 Å². The molecule has 31 heavy (non-hydrogen) atoms. The number of fused-ring (bicyclic) bond motifs is 1. The van der Waals surface area contributed by atoms with Gasteiger partial charge in [0.05, 0.1) is 6.61 Å². The van der Waals surface area contributed by atoms with Crippen molar-refractivity contribution in [3.8, 4) is 17.4 Å². The van der Waals surface area contributed by atoms with Crippen molar-refractivity contribution < 1.29 is 14.3 Å². The van der Waals surface area contributed by atoms with Gasteiger partial charge in [0, 0.05) is 17.7 Å². The Balaban J connectivity index is 1.75. The largest absolute Gasteiger partial charge is 0.460 e. The van der Waals surface area contributed by atoms with E-state index in [1.165, 1.54) is 10.2 Å². The number of carbonyl (C=O) groups excluding carboxylic acids is 1. The minimum absolute atomic E-state index is 0.155. The molecule has 4 rings (SSSR count). The van der Waals surface area contributed by atoms with E-state index in [1.54, 1.807) is 0 Å². The van der Waals surface area contributed by atoms with E-state index in [0.717, 1.165) is 22.8 Å². The third kappa shape index (κ3) is 4.49. The van der Waals surface area contributed by atoms with Gasteiger partial charge < -0.3 is 9.47 Å². The Morgan fingerprint density at radius 2 is 1.71 bits per heavy atom. The van der Waals surface area contributed by atoms with Crippen LogP contribution >= 0.6 is 0 Å². The SMILES string of the molecule is CCOCCOc1nc(-c2ccc(CC)cc2)n(C(=O)c2cccc3ccccc23)n1. The molecule has 0 saturated heterocycles. The molecule has 0 unspecified atom stereocenters. The fraction of sp³-hybridized carbons (Fsp3) is 0.240. The first-order valence-electron chi connectivity index (χ1n) is 10.5. The fourth-order valence-electron chi connectivity index (χ4n) is 3.43. The number of ether oxygens (including phenoxy) is 2. The van der Waals surface area contributed by atoms with Crippen LogP contribution in [0.5, 0.6) is 6.01 Å². The summed E-state index contributed by atoms with van der Waals surface area (Å²) >= 11 is 0. The van der Waals surface area contributed by atoms with Crippen molar-refractivity contribution in [1.29, 1.82) is 0 Å². The Bertz CT molecular complexity index is 1180. The molecule has 1 aromatic heterocycles. The smallest absolute Gasteiger partial charge is 0.336 e. The predicted molar refractivity (Wildman–Crippen MR) is 121 cm³/mol. The normalized spacial score (nSPS) is 11.0. The molecule has 158 valence electrons. The van der Waals surface area contributed by atoms with Gasteiger partial charge in [0.15, 0.2) is 5.82 Å². The second-order valence-corrected chi connectivity index (χ2v) is 7.06. The van der Waals surface area contributed by atoms with Crippen LogP contribution in [0.25, 0.3) is 22.2 Å². The second-order valence-electron chi connectivity index (χ2n) is 7.06. The Labute approximate surface area is 181 Å². The van der Waals surface area contributed by atoms with Crippen LogP contribution in [-0.4, -0.2) is 40.5 Å². The van der Waals surface area contributed by atoms with Crippen molar-refractivity contribution in [2.45, 2.75) is 20.3 Å². The average Bonchev–Trinajstić information content (AvgIpc) is 3.25. The highest BCUT2D eigenvalue weighted by Gasteiger charge is 2.21. The van der Waals surface area contributed by atoms with Gasteiger partial charge in [0.25, 0.3) is 5.91 Å². The molecule has 0 saturated carbocycles. The van der Waals surface area contributed by atoms with Crippen LogP contribution in [0.1, 0.15) is 29.8 Å². The number of carbonyl (C=O) groups is 1. The van der Waals surface area contributed by atoms with Crippen LogP contribution in [-0.2, 0) is 11.2 Å². The topological polar surface area (TPSA) is 66.2 Å². The third-order valence-corrected chi connectivity index (χ3v) is 5.08. The lowest BCUT2D eigenvalue weighted by Crippen LogP contribution is -2.16. The summed E-state index contributed by atoms with van der Waals surface area (Å²) in [6, 6.07) is 21.6. The maximum Gasteiger partial charge on any atom is 0.336 e. The van der Waals surface area contributed by atoms with Gasteiger partial charge in [-0.15, -0.1) is 5.10 Å². The Morgan fingerprint density at radius 3 is 2.48 bits per heavy atom. The monoisotopic (exact) mass is 415 g/mol. The van der Waals surface area contributed by atoms with E-state index in [-0.39, 0.29) is 11.9 Å². The number of rotatable bonds is 8. The van der Waals surface area contributed by atoms with E-state index >= 15 is 0 Å². The highest BCUT2D eigenvalue weighted by molar-refractivity contribution is 6.08.